The lowest BCUT2D eigenvalue weighted by Gasteiger charge is -1.94. The number of pyridine rings is 1. The Morgan fingerprint density at radius 1 is 1.06 bits per heavy atom. The van der Waals surface area contributed by atoms with E-state index < -0.39 is 0 Å². The molecule has 0 bridgehead atoms. The van der Waals surface area contributed by atoms with Crippen molar-refractivity contribution in [1.29, 1.82) is 0 Å². The van der Waals surface area contributed by atoms with Crippen molar-refractivity contribution in [3.8, 4) is 10.6 Å². The summed E-state index contributed by atoms with van der Waals surface area (Å²) in [5.41, 5.74) is 14.0. The third kappa shape index (κ3) is 1.81. The van der Waals surface area contributed by atoms with Crippen LogP contribution in [0.5, 0.6) is 0 Å². The molecule has 1 aromatic carbocycles. The SMILES string of the molecule is Nc1ccc2nc(-c3ccc(N)nc3)sc2c1. The number of hydrogen-bond acceptors (Lipinski definition) is 5. The standard InChI is InChI=1S/C12H10N4S/c13-8-2-3-9-10(5-8)17-12(16-9)7-1-4-11(14)15-6-7/h1-6H,13H2,(H2,14,15). The van der Waals surface area contributed by atoms with Crippen LogP contribution in [0, 0.1) is 0 Å². The van der Waals surface area contributed by atoms with Crippen LogP contribution in [0.4, 0.5) is 11.5 Å². The summed E-state index contributed by atoms with van der Waals surface area (Å²) in [5, 5.41) is 0.929. The summed E-state index contributed by atoms with van der Waals surface area (Å²) in [5.74, 6) is 0.513. The molecule has 0 aliphatic rings. The zero-order valence-electron chi connectivity index (χ0n) is 8.92. The number of nitrogens with zero attached hydrogens (tertiary/aromatic N) is 2. The summed E-state index contributed by atoms with van der Waals surface area (Å²) in [7, 11) is 0. The van der Waals surface area contributed by atoms with E-state index in [4.69, 9.17) is 11.5 Å². The van der Waals surface area contributed by atoms with Crippen molar-refractivity contribution in [2.45, 2.75) is 0 Å². The molecule has 0 unspecified atom stereocenters. The summed E-state index contributed by atoms with van der Waals surface area (Å²) in [4.78, 5) is 8.60. The Bertz CT molecular complexity index is 673. The molecule has 0 atom stereocenters. The Balaban J connectivity index is 2.14. The molecule has 0 saturated carbocycles. The lowest BCUT2D eigenvalue weighted by Crippen LogP contribution is -1.88. The first-order valence-corrected chi connectivity index (χ1v) is 5.92. The van der Waals surface area contributed by atoms with Gasteiger partial charge in [0.15, 0.2) is 0 Å². The number of rotatable bonds is 1. The molecule has 17 heavy (non-hydrogen) atoms. The number of aromatic nitrogens is 2. The molecule has 2 aromatic heterocycles. The van der Waals surface area contributed by atoms with Crippen LogP contribution in [0.15, 0.2) is 36.5 Å². The number of thiazole rings is 1. The van der Waals surface area contributed by atoms with E-state index in [1.54, 1.807) is 23.6 Å². The normalized spacial score (nSPS) is 10.8. The molecule has 0 spiro atoms. The number of fused-ring (bicyclic) bond motifs is 1. The third-order valence-electron chi connectivity index (χ3n) is 2.45. The Hall–Kier alpha value is -2.14. The summed E-state index contributed by atoms with van der Waals surface area (Å²) in [6.45, 7) is 0. The van der Waals surface area contributed by atoms with Gasteiger partial charge in [-0.1, -0.05) is 0 Å². The number of nitrogen functional groups attached to an aromatic ring is 2. The lowest BCUT2D eigenvalue weighted by atomic mass is 10.3. The molecule has 5 heteroatoms. The smallest absolute Gasteiger partial charge is 0.126 e. The van der Waals surface area contributed by atoms with Crippen molar-refractivity contribution in [1.82, 2.24) is 9.97 Å². The number of nitrogens with two attached hydrogens (primary N) is 2. The number of benzene rings is 1. The lowest BCUT2D eigenvalue weighted by molar-refractivity contribution is 1.33. The predicted octanol–water partition coefficient (Wildman–Crippen LogP) is 2.52. The molecule has 0 saturated heterocycles. The summed E-state index contributed by atoms with van der Waals surface area (Å²) < 4.78 is 1.08. The molecule has 4 N–H and O–H groups in total. The first-order chi connectivity index (χ1) is 8.22. The van der Waals surface area contributed by atoms with Crippen molar-refractivity contribution < 1.29 is 0 Å². The van der Waals surface area contributed by atoms with E-state index in [-0.39, 0.29) is 0 Å². The van der Waals surface area contributed by atoms with Crippen LogP contribution in [0.1, 0.15) is 0 Å². The molecule has 4 nitrogen and oxygen atoms in total. The van der Waals surface area contributed by atoms with E-state index in [9.17, 15) is 0 Å². The maximum Gasteiger partial charge on any atom is 0.126 e. The van der Waals surface area contributed by atoms with Gasteiger partial charge in [0.25, 0.3) is 0 Å². The molecule has 3 aromatic rings. The molecule has 84 valence electrons. The van der Waals surface area contributed by atoms with E-state index in [2.05, 4.69) is 9.97 Å². The van der Waals surface area contributed by atoms with Crippen LogP contribution in [-0.2, 0) is 0 Å². The summed E-state index contributed by atoms with van der Waals surface area (Å²) >= 11 is 1.60. The van der Waals surface area contributed by atoms with Gasteiger partial charge in [0.1, 0.15) is 10.8 Å². The average molecular weight is 242 g/mol. The topological polar surface area (TPSA) is 77.8 Å². The van der Waals surface area contributed by atoms with Gasteiger partial charge in [-0.25, -0.2) is 9.97 Å². The second kappa shape index (κ2) is 3.71. The van der Waals surface area contributed by atoms with E-state index in [0.29, 0.717) is 5.82 Å². The maximum absolute atomic E-state index is 5.74. The van der Waals surface area contributed by atoms with E-state index in [1.807, 2.05) is 24.3 Å². The molecular formula is C12H10N4S. The van der Waals surface area contributed by atoms with E-state index in [1.165, 1.54) is 0 Å². The minimum Gasteiger partial charge on any atom is -0.399 e. The molecule has 0 fully saturated rings. The Labute approximate surface area is 102 Å². The van der Waals surface area contributed by atoms with E-state index in [0.717, 1.165) is 26.5 Å². The largest absolute Gasteiger partial charge is 0.399 e. The first-order valence-electron chi connectivity index (χ1n) is 5.10. The van der Waals surface area contributed by atoms with Gasteiger partial charge in [-0.05, 0) is 30.3 Å². The maximum atomic E-state index is 5.74. The highest BCUT2D eigenvalue weighted by Crippen LogP contribution is 2.30. The zero-order valence-corrected chi connectivity index (χ0v) is 9.74. The van der Waals surface area contributed by atoms with Crippen molar-refractivity contribution in [2.24, 2.45) is 0 Å². The number of anilines is 2. The molecule has 0 amide bonds. The van der Waals surface area contributed by atoms with Crippen molar-refractivity contribution in [3.05, 3.63) is 36.5 Å². The minimum atomic E-state index is 0.513. The van der Waals surface area contributed by atoms with Crippen LogP contribution in [0.2, 0.25) is 0 Å². The highest BCUT2D eigenvalue weighted by atomic mass is 32.1. The summed E-state index contributed by atoms with van der Waals surface area (Å²) in [6, 6.07) is 9.41. The monoisotopic (exact) mass is 242 g/mol. The first kappa shape index (κ1) is 10.0. The van der Waals surface area contributed by atoms with Crippen LogP contribution in [-0.4, -0.2) is 9.97 Å². The van der Waals surface area contributed by atoms with Crippen LogP contribution >= 0.6 is 11.3 Å². The quantitative estimate of drug-likeness (QED) is 0.643. The summed E-state index contributed by atoms with van der Waals surface area (Å²) in [6.07, 6.45) is 1.73. The highest BCUT2D eigenvalue weighted by molar-refractivity contribution is 7.21. The fourth-order valence-corrected chi connectivity index (χ4v) is 2.60. The minimum absolute atomic E-state index is 0.513. The van der Waals surface area contributed by atoms with Crippen molar-refractivity contribution in [2.75, 3.05) is 11.5 Å². The number of hydrogen-bond donors (Lipinski definition) is 2. The fourth-order valence-electron chi connectivity index (χ4n) is 1.60. The second-order valence-corrected chi connectivity index (χ2v) is 4.75. The average Bonchev–Trinajstić information content (AvgIpc) is 2.72. The Kier molecular flexibility index (Phi) is 2.19. The van der Waals surface area contributed by atoms with Gasteiger partial charge in [0.05, 0.1) is 10.2 Å². The van der Waals surface area contributed by atoms with Crippen LogP contribution in [0.25, 0.3) is 20.8 Å². The Morgan fingerprint density at radius 3 is 2.71 bits per heavy atom. The van der Waals surface area contributed by atoms with Crippen LogP contribution < -0.4 is 11.5 Å². The molecule has 0 aliphatic heterocycles. The van der Waals surface area contributed by atoms with Gasteiger partial charge < -0.3 is 11.5 Å². The molecule has 0 radical (unpaired) electrons. The van der Waals surface area contributed by atoms with Crippen molar-refractivity contribution >= 4 is 33.1 Å². The molecule has 3 rings (SSSR count). The van der Waals surface area contributed by atoms with Gasteiger partial charge >= 0.3 is 0 Å². The third-order valence-corrected chi connectivity index (χ3v) is 3.51. The van der Waals surface area contributed by atoms with Crippen LogP contribution in [0.3, 0.4) is 0 Å². The van der Waals surface area contributed by atoms with Gasteiger partial charge in [-0.2, -0.15) is 0 Å². The van der Waals surface area contributed by atoms with Gasteiger partial charge in [0, 0.05) is 17.4 Å². The highest BCUT2D eigenvalue weighted by Gasteiger charge is 2.06. The van der Waals surface area contributed by atoms with Crippen molar-refractivity contribution in [3.63, 3.8) is 0 Å². The molecule has 0 aliphatic carbocycles. The second-order valence-electron chi connectivity index (χ2n) is 3.72. The Morgan fingerprint density at radius 2 is 1.94 bits per heavy atom. The fraction of sp³-hybridized carbons (Fsp3) is 0. The van der Waals surface area contributed by atoms with E-state index >= 15 is 0 Å². The zero-order chi connectivity index (χ0) is 11.8. The predicted molar refractivity (Wildman–Crippen MR) is 71.7 cm³/mol. The van der Waals surface area contributed by atoms with Gasteiger partial charge in [0.2, 0.25) is 0 Å². The van der Waals surface area contributed by atoms with Gasteiger partial charge in [-0.3, -0.25) is 0 Å². The van der Waals surface area contributed by atoms with Gasteiger partial charge in [-0.15, -0.1) is 11.3 Å². The molecular weight excluding hydrogens is 232 g/mol. The molecule has 2 heterocycles.